The number of anilines is 1. The van der Waals surface area contributed by atoms with Crippen molar-refractivity contribution in [3.05, 3.63) is 29.3 Å². The molecule has 1 heterocycles. The third-order valence-electron chi connectivity index (χ3n) is 3.77. The molecule has 0 unspecified atom stereocenters. The Labute approximate surface area is 119 Å². The summed E-state index contributed by atoms with van der Waals surface area (Å²) in [5, 5.41) is 0. The first-order valence-corrected chi connectivity index (χ1v) is 6.86. The van der Waals surface area contributed by atoms with E-state index in [1.165, 1.54) is 7.11 Å². The number of carbonyl (C=O) groups is 1. The van der Waals surface area contributed by atoms with Gasteiger partial charge in [0, 0.05) is 31.5 Å². The van der Waals surface area contributed by atoms with E-state index in [0.29, 0.717) is 17.3 Å². The molecule has 1 aromatic rings. The van der Waals surface area contributed by atoms with Crippen molar-refractivity contribution in [2.75, 3.05) is 33.1 Å². The molecule has 0 spiro atoms. The van der Waals surface area contributed by atoms with Gasteiger partial charge in [0.1, 0.15) is 0 Å². The van der Waals surface area contributed by atoms with Crippen molar-refractivity contribution in [3.63, 3.8) is 0 Å². The molecule has 1 aliphatic heterocycles. The highest BCUT2D eigenvalue weighted by Gasteiger charge is 2.19. The van der Waals surface area contributed by atoms with Crippen LogP contribution >= 0.6 is 0 Å². The molecule has 5 heteroatoms. The molecule has 0 amide bonds. The zero-order valence-corrected chi connectivity index (χ0v) is 12.1. The fraction of sp³-hybridized carbons (Fsp3) is 0.533. The van der Waals surface area contributed by atoms with E-state index in [0.717, 1.165) is 38.2 Å². The van der Waals surface area contributed by atoms with Crippen LogP contribution in [0.1, 0.15) is 28.8 Å². The Kier molecular flexibility index (Phi) is 4.98. The normalized spacial score (nSPS) is 16.4. The average molecular weight is 278 g/mol. The Morgan fingerprint density at radius 3 is 2.80 bits per heavy atom. The Bertz CT molecular complexity index is 470. The number of ether oxygens (including phenoxy) is 2. The van der Waals surface area contributed by atoms with Crippen LogP contribution in [-0.4, -0.2) is 44.3 Å². The average Bonchev–Trinajstić information content (AvgIpc) is 2.49. The van der Waals surface area contributed by atoms with Gasteiger partial charge in [0.2, 0.25) is 0 Å². The van der Waals surface area contributed by atoms with Crippen LogP contribution in [0.25, 0.3) is 0 Å². The lowest BCUT2D eigenvalue weighted by molar-refractivity contribution is 0.0407. The Hall–Kier alpha value is -1.59. The molecule has 1 saturated heterocycles. The molecule has 0 saturated carbocycles. The molecule has 2 N–H and O–H groups in total. The third kappa shape index (κ3) is 3.49. The maximum Gasteiger partial charge on any atom is 0.339 e. The lowest BCUT2D eigenvalue weighted by Crippen LogP contribution is -2.36. The summed E-state index contributed by atoms with van der Waals surface area (Å²) >= 11 is 0. The Morgan fingerprint density at radius 2 is 2.15 bits per heavy atom. The van der Waals surface area contributed by atoms with E-state index in [1.807, 2.05) is 12.1 Å². The molecule has 2 rings (SSSR count). The number of hydrogen-bond acceptors (Lipinski definition) is 5. The van der Waals surface area contributed by atoms with Crippen molar-refractivity contribution < 1.29 is 14.3 Å². The molecular formula is C15H22N2O3. The number of benzene rings is 1. The van der Waals surface area contributed by atoms with Crippen molar-refractivity contribution in [2.45, 2.75) is 25.4 Å². The van der Waals surface area contributed by atoms with Gasteiger partial charge in [-0.3, -0.25) is 4.90 Å². The summed E-state index contributed by atoms with van der Waals surface area (Å²) in [4.78, 5) is 13.9. The van der Waals surface area contributed by atoms with Crippen LogP contribution in [0.15, 0.2) is 18.2 Å². The molecule has 1 aromatic carbocycles. The van der Waals surface area contributed by atoms with Gasteiger partial charge < -0.3 is 15.2 Å². The minimum atomic E-state index is -0.391. The van der Waals surface area contributed by atoms with Crippen LogP contribution in [0.3, 0.4) is 0 Å². The van der Waals surface area contributed by atoms with E-state index in [4.69, 9.17) is 15.2 Å². The maximum absolute atomic E-state index is 11.6. The molecular weight excluding hydrogens is 256 g/mol. The van der Waals surface area contributed by atoms with Gasteiger partial charge in [0.15, 0.2) is 0 Å². The van der Waals surface area contributed by atoms with E-state index in [9.17, 15) is 4.79 Å². The molecule has 0 aliphatic carbocycles. The molecule has 110 valence electrons. The molecule has 0 aromatic heterocycles. The summed E-state index contributed by atoms with van der Waals surface area (Å²) in [6, 6.07) is 6.07. The molecule has 0 radical (unpaired) electrons. The van der Waals surface area contributed by atoms with Gasteiger partial charge >= 0.3 is 5.97 Å². The quantitative estimate of drug-likeness (QED) is 0.670. The van der Waals surface area contributed by atoms with Crippen LogP contribution in [0.2, 0.25) is 0 Å². The molecule has 0 bridgehead atoms. The summed E-state index contributed by atoms with van der Waals surface area (Å²) in [5.74, 6) is -0.391. The Balaban J connectivity index is 2.07. The highest BCUT2D eigenvalue weighted by Crippen LogP contribution is 2.19. The summed E-state index contributed by atoms with van der Waals surface area (Å²) in [5.41, 5.74) is 7.76. The number of nitrogen functional groups attached to an aromatic ring is 1. The van der Waals surface area contributed by atoms with Crippen LogP contribution in [0.4, 0.5) is 5.69 Å². The summed E-state index contributed by atoms with van der Waals surface area (Å²) in [6.45, 7) is 2.43. The van der Waals surface area contributed by atoms with Crippen molar-refractivity contribution in [2.24, 2.45) is 0 Å². The predicted octanol–water partition coefficient (Wildman–Crippen LogP) is 1.67. The lowest BCUT2D eigenvalue weighted by atomic mass is 10.0. The SMILES string of the molecule is COC(=O)c1cc(CN(C)C2CCOCC2)ccc1N. The number of methoxy groups -OCH3 is 1. The molecule has 5 nitrogen and oxygen atoms in total. The minimum absolute atomic E-state index is 0.391. The van der Waals surface area contributed by atoms with Gasteiger partial charge in [-0.05, 0) is 37.6 Å². The van der Waals surface area contributed by atoms with Gasteiger partial charge in [0.05, 0.1) is 12.7 Å². The molecule has 1 aliphatic rings. The minimum Gasteiger partial charge on any atom is -0.465 e. The predicted molar refractivity (Wildman–Crippen MR) is 77.5 cm³/mol. The number of nitrogens with two attached hydrogens (primary N) is 1. The second-order valence-electron chi connectivity index (χ2n) is 5.17. The number of nitrogens with zero attached hydrogens (tertiary/aromatic N) is 1. The van der Waals surface area contributed by atoms with E-state index >= 15 is 0 Å². The van der Waals surface area contributed by atoms with Crippen molar-refractivity contribution >= 4 is 11.7 Å². The van der Waals surface area contributed by atoms with Gasteiger partial charge in [-0.1, -0.05) is 6.07 Å². The van der Waals surface area contributed by atoms with E-state index in [2.05, 4.69) is 11.9 Å². The van der Waals surface area contributed by atoms with E-state index in [-0.39, 0.29) is 0 Å². The molecule has 1 fully saturated rings. The Morgan fingerprint density at radius 1 is 1.45 bits per heavy atom. The molecule has 20 heavy (non-hydrogen) atoms. The first-order chi connectivity index (χ1) is 9.61. The zero-order chi connectivity index (χ0) is 14.5. The van der Waals surface area contributed by atoms with Crippen LogP contribution in [0.5, 0.6) is 0 Å². The number of rotatable bonds is 4. The van der Waals surface area contributed by atoms with Gasteiger partial charge in [-0.15, -0.1) is 0 Å². The number of esters is 1. The zero-order valence-electron chi connectivity index (χ0n) is 12.1. The van der Waals surface area contributed by atoms with Crippen LogP contribution < -0.4 is 5.73 Å². The highest BCUT2D eigenvalue weighted by atomic mass is 16.5. The second-order valence-corrected chi connectivity index (χ2v) is 5.17. The largest absolute Gasteiger partial charge is 0.465 e. The molecule has 0 atom stereocenters. The first kappa shape index (κ1) is 14.8. The van der Waals surface area contributed by atoms with Crippen molar-refractivity contribution in [1.82, 2.24) is 4.90 Å². The monoisotopic (exact) mass is 278 g/mol. The topological polar surface area (TPSA) is 64.8 Å². The fourth-order valence-electron chi connectivity index (χ4n) is 2.53. The summed E-state index contributed by atoms with van der Waals surface area (Å²) in [6.07, 6.45) is 2.10. The summed E-state index contributed by atoms with van der Waals surface area (Å²) in [7, 11) is 3.47. The van der Waals surface area contributed by atoms with E-state index < -0.39 is 5.97 Å². The summed E-state index contributed by atoms with van der Waals surface area (Å²) < 4.78 is 10.1. The van der Waals surface area contributed by atoms with Gasteiger partial charge in [-0.25, -0.2) is 4.79 Å². The first-order valence-electron chi connectivity index (χ1n) is 6.86. The lowest BCUT2D eigenvalue weighted by Gasteiger charge is -2.31. The van der Waals surface area contributed by atoms with Gasteiger partial charge in [0.25, 0.3) is 0 Å². The van der Waals surface area contributed by atoms with Crippen LogP contribution in [0, 0.1) is 0 Å². The maximum atomic E-state index is 11.6. The number of carbonyl (C=O) groups excluding carboxylic acids is 1. The second kappa shape index (κ2) is 6.72. The van der Waals surface area contributed by atoms with Gasteiger partial charge in [-0.2, -0.15) is 0 Å². The van der Waals surface area contributed by atoms with Crippen molar-refractivity contribution in [1.29, 1.82) is 0 Å². The fourth-order valence-corrected chi connectivity index (χ4v) is 2.53. The van der Waals surface area contributed by atoms with Crippen molar-refractivity contribution in [3.8, 4) is 0 Å². The van der Waals surface area contributed by atoms with E-state index in [1.54, 1.807) is 6.07 Å². The number of hydrogen-bond donors (Lipinski definition) is 1. The van der Waals surface area contributed by atoms with Crippen LogP contribution in [-0.2, 0) is 16.0 Å². The highest BCUT2D eigenvalue weighted by molar-refractivity contribution is 5.95. The smallest absolute Gasteiger partial charge is 0.339 e. The standard InChI is InChI=1S/C15H22N2O3/c1-17(12-5-7-20-8-6-12)10-11-3-4-14(16)13(9-11)15(18)19-2/h3-4,9,12H,5-8,10,16H2,1-2H3. The third-order valence-corrected chi connectivity index (χ3v) is 3.77.